The molecule has 1 heteroatoms. The van der Waals surface area contributed by atoms with Gasteiger partial charge in [-0.2, -0.15) is 0 Å². The predicted molar refractivity (Wildman–Crippen MR) is 93.5 cm³/mol. The van der Waals surface area contributed by atoms with Crippen LogP contribution in [-0.4, -0.2) is 8.07 Å². The van der Waals surface area contributed by atoms with Crippen LogP contribution in [-0.2, 0) is 0 Å². The maximum absolute atomic E-state index is 2.53. The molecule has 1 aromatic carbocycles. The summed E-state index contributed by atoms with van der Waals surface area (Å²) in [6.45, 7) is 14.2. The van der Waals surface area contributed by atoms with E-state index >= 15 is 0 Å². The van der Waals surface area contributed by atoms with Gasteiger partial charge >= 0.3 is 0 Å². The Morgan fingerprint density at radius 2 is 1.70 bits per heavy atom. The van der Waals surface area contributed by atoms with Crippen molar-refractivity contribution in [2.75, 3.05) is 0 Å². The van der Waals surface area contributed by atoms with Crippen LogP contribution < -0.4 is 5.19 Å². The first kappa shape index (κ1) is 15.3. The first-order valence-electron chi connectivity index (χ1n) is 7.83. The largest absolute Gasteiger partial charge is 0.0915 e. The fraction of sp³-hybridized carbons (Fsp3) is 0.474. The molecule has 0 heterocycles. The molecular weight excluding hydrogens is 256 g/mol. The molecule has 0 spiro atoms. The van der Waals surface area contributed by atoms with Gasteiger partial charge in [-0.3, -0.25) is 0 Å². The van der Waals surface area contributed by atoms with Crippen molar-refractivity contribution in [3.05, 3.63) is 53.1 Å². The lowest BCUT2D eigenvalue weighted by atomic mass is 9.97. The Bertz CT molecular complexity index is 529. The minimum Gasteiger partial charge on any atom is -0.0797 e. The van der Waals surface area contributed by atoms with Crippen LogP contribution in [0.2, 0.25) is 18.6 Å². The fourth-order valence-electron chi connectivity index (χ4n) is 3.38. The van der Waals surface area contributed by atoms with Crippen LogP contribution in [0.1, 0.15) is 31.4 Å². The van der Waals surface area contributed by atoms with E-state index in [4.69, 9.17) is 0 Å². The number of rotatable bonds is 4. The van der Waals surface area contributed by atoms with E-state index in [0.717, 1.165) is 0 Å². The Morgan fingerprint density at radius 1 is 1.10 bits per heavy atom. The van der Waals surface area contributed by atoms with Gasteiger partial charge in [0.05, 0.1) is 8.07 Å². The molecule has 2 atom stereocenters. The molecule has 1 aromatic rings. The first-order chi connectivity index (χ1) is 9.36. The Hall–Kier alpha value is -1.08. The predicted octanol–water partition coefficient (Wildman–Crippen LogP) is 5.13. The Labute approximate surface area is 125 Å². The molecular formula is C19H28Si. The van der Waals surface area contributed by atoms with Crippen molar-refractivity contribution < 1.29 is 0 Å². The van der Waals surface area contributed by atoms with Crippen LogP contribution in [0.3, 0.4) is 0 Å². The lowest BCUT2D eigenvalue weighted by molar-refractivity contribution is 0.642. The quantitative estimate of drug-likeness (QED) is 0.672. The van der Waals surface area contributed by atoms with Crippen LogP contribution in [0.25, 0.3) is 0 Å². The molecule has 2 rings (SSSR count). The van der Waals surface area contributed by atoms with Crippen molar-refractivity contribution in [3.63, 3.8) is 0 Å². The summed E-state index contributed by atoms with van der Waals surface area (Å²) in [5.74, 6) is 0.702. The Kier molecular flexibility index (Phi) is 4.39. The molecule has 20 heavy (non-hydrogen) atoms. The number of allylic oxidation sites excluding steroid dienone is 4. The summed E-state index contributed by atoms with van der Waals surface area (Å²) < 4.78 is 0. The molecule has 0 saturated heterocycles. The Balaban J connectivity index is 2.39. The maximum atomic E-state index is 2.53. The second-order valence-corrected chi connectivity index (χ2v) is 11.6. The highest BCUT2D eigenvalue weighted by Gasteiger charge is 2.37. The molecule has 0 amide bonds. The van der Waals surface area contributed by atoms with Crippen LogP contribution in [0.4, 0.5) is 0 Å². The van der Waals surface area contributed by atoms with Crippen molar-refractivity contribution in [2.45, 2.75) is 52.8 Å². The second-order valence-electron chi connectivity index (χ2n) is 6.94. The van der Waals surface area contributed by atoms with Crippen LogP contribution >= 0.6 is 0 Å². The van der Waals surface area contributed by atoms with E-state index in [1.165, 1.54) is 17.5 Å². The Morgan fingerprint density at radius 3 is 2.25 bits per heavy atom. The molecule has 0 radical (unpaired) electrons. The molecule has 2 unspecified atom stereocenters. The average Bonchev–Trinajstić information content (AvgIpc) is 2.86. The maximum Gasteiger partial charge on any atom is 0.0915 e. The lowest BCUT2D eigenvalue weighted by Crippen LogP contribution is -2.46. The molecule has 108 valence electrons. The van der Waals surface area contributed by atoms with Crippen LogP contribution in [0.15, 0.2) is 42.0 Å². The van der Waals surface area contributed by atoms with Crippen molar-refractivity contribution in [3.8, 4) is 0 Å². The zero-order valence-corrected chi connectivity index (χ0v) is 14.8. The van der Waals surface area contributed by atoms with E-state index in [0.29, 0.717) is 11.5 Å². The number of hydrogen-bond donors (Lipinski definition) is 0. The molecule has 1 aliphatic rings. The molecule has 0 N–H and O–H groups in total. The number of hydrogen-bond acceptors (Lipinski definition) is 0. The van der Waals surface area contributed by atoms with Gasteiger partial charge in [0.2, 0.25) is 0 Å². The number of aryl methyl sites for hydroxylation is 2. The van der Waals surface area contributed by atoms with Crippen molar-refractivity contribution in [1.29, 1.82) is 0 Å². The average molecular weight is 285 g/mol. The highest BCUT2D eigenvalue weighted by Crippen LogP contribution is 2.39. The second kappa shape index (κ2) is 5.73. The van der Waals surface area contributed by atoms with Gasteiger partial charge in [0.1, 0.15) is 0 Å². The molecule has 1 aliphatic carbocycles. The van der Waals surface area contributed by atoms with Crippen LogP contribution in [0.5, 0.6) is 0 Å². The molecule has 0 nitrogen and oxygen atoms in total. The molecule has 0 aliphatic heterocycles. The highest BCUT2D eigenvalue weighted by molar-refractivity contribution is 6.92. The fourth-order valence-corrected chi connectivity index (χ4v) is 6.75. The van der Waals surface area contributed by atoms with E-state index in [2.05, 4.69) is 77.2 Å². The molecule has 0 fully saturated rings. The zero-order chi connectivity index (χ0) is 14.9. The van der Waals surface area contributed by atoms with Crippen molar-refractivity contribution in [2.24, 2.45) is 5.92 Å². The topological polar surface area (TPSA) is 0 Å². The number of benzene rings is 1. The standard InChI is InChI=1S/C19H28Si/c1-7-16(4)18-9-8-10-19(18)20(5,6)17-12-14(2)11-15(3)13-17/h8-13,16,19H,7H2,1-6H3. The summed E-state index contributed by atoms with van der Waals surface area (Å²) in [6.07, 6.45) is 8.34. The summed E-state index contributed by atoms with van der Waals surface area (Å²) in [5.41, 5.74) is 5.12. The van der Waals surface area contributed by atoms with Crippen molar-refractivity contribution in [1.82, 2.24) is 0 Å². The minimum absolute atomic E-state index is 0.665. The SMILES string of the molecule is CCC(C)C1=CC=CC1[Si](C)(C)c1cc(C)cc(C)c1. The summed E-state index contributed by atoms with van der Waals surface area (Å²) in [4.78, 5) is 0. The highest BCUT2D eigenvalue weighted by atomic mass is 28.3. The van der Waals surface area contributed by atoms with Gasteiger partial charge < -0.3 is 0 Å². The normalized spacial score (nSPS) is 20.1. The molecule has 0 aromatic heterocycles. The summed E-state index contributed by atoms with van der Waals surface area (Å²) in [5, 5.41) is 1.60. The third-order valence-corrected chi connectivity index (χ3v) is 8.73. The minimum atomic E-state index is -1.51. The third-order valence-electron chi connectivity index (χ3n) is 4.88. The van der Waals surface area contributed by atoms with Gasteiger partial charge in [-0.05, 0) is 31.7 Å². The van der Waals surface area contributed by atoms with Gasteiger partial charge in [0, 0.05) is 0 Å². The van der Waals surface area contributed by atoms with Gasteiger partial charge in [-0.25, -0.2) is 0 Å². The van der Waals surface area contributed by atoms with Gasteiger partial charge in [-0.15, -0.1) is 0 Å². The van der Waals surface area contributed by atoms with E-state index in [9.17, 15) is 0 Å². The smallest absolute Gasteiger partial charge is 0.0797 e. The van der Waals surface area contributed by atoms with Gasteiger partial charge in [0.25, 0.3) is 0 Å². The van der Waals surface area contributed by atoms with E-state index < -0.39 is 8.07 Å². The van der Waals surface area contributed by atoms with E-state index in [1.807, 2.05) is 0 Å². The summed E-state index contributed by atoms with van der Waals surface area (Å²) in [6, 6.07) is 7.11. The zero-order valence-electron chi connectivity index (χ0n) is 13.8. The van der Waals surface area contributed by atoms with E-state index in [1.54, 1.807) is 10.8 Å². The lowest BCUT2D eigenvalue weighted by Gasteiger charge is -2.34. The first-order valence-corrected chi connectivity index (χ1v) is 10.9. The molecule has 0 saturated carbocycles. The molecule has 0 bridgehead atoms. The third kappa shape index (κ3) is 2.83. The van der Waals surface area contributed by atoms with E-state index in [-0.39, 0.29) is 0 Å². The van der Waals surface area contributed by atoms with Gasteiger partial charge in [-0.1, -0.05) is 85.3 Å². The van der Waals surface area contributed by atoms with Gasteiger partial charge in [0.15, 0.2) is 0 Å². The summed E-state index contributed by atoms with van der Waals surface area (Å²) >= 11 is 0. The van der Waals surface area contributed by atoms with Crippen LogP contribution in [0, 0.1) is 19.8 Å². The van der Waals surface area contributed by atoms with Crippen molar-refractivity contribution >= 4 is 13.3 Å². The summed E-state index contributed by atoms with van der Waals surface area (Å²) in [7, 11) is -1.51. The monoisotopic (exact) mass is 284 g/mol.